The van der Waals surface area contributed by atoms with E-state index in [1.807, 2.05) is 24.3 Å². The summed E-state index contributed by atoms with van der Waals surface area (Å²) in [6.07, 6.45) is 4.48. The first kappa shape index (κ1) is 15.1. The maximum atomic E-state index is 11.8. The Bertz CT molecular complexity index is 702. The van der Waals surface area contributed by atoms with E-state index in [9.17, 15) is 9.59 Å². The molecule has 21 heavy (non-hydrogen) atoms. The highest BCUT2D eigenvalue weighted by Crippen LogP contribution is 2.19. The van der Waals surface area contributed by atoms with Crippen molar-refractivity contribution in [1.29, 1.82) is 0 Å². The number of aromatic amines is 1. The summed E-state index contributed by atoms with van der Waals surface area (Å²) in [6, 6.07) is 7.46. The summed E-state index contributed by atoms with van der Waals surface area (Å²) in [5, 5.41) is 11.6. The molecule has 3 N–H and O–H groups in total. The molecule has 0 aliphatic carbocycles. The normalized spacial score (nSPS) is 10.8. The number of hydrogen-bond acceptors (Lipinski definition) is 2. The topological polar surface area (TPSA) is 82.2 Å². The highest BCUT2D eigenvalue weighted by atomic mass is 79.9. The summed E-state index contributed by atoms with van der Waals surface area (Å²) < 4.78 is 0.956. The fourth-order valence-corrected chi connectivity index (χ4v) is 2.09. The van der Waals surface area contributed by atoms with E-state index < -0.39 is 5.97 Å². The minimum atomic E-state index is -1.08. The van der Waals surface area contributed by atoms with Gasteiger partial charge in [-0.25, -0.2) is 4.79 Å². The smallest absolute Gasteiger partial charge is 0.339 e. The van der Waals surface area contributed by atoms with E-state index >= 15 is 0 Å². The standard InChI is InChI=1S/C15H13BrN2O3/c1-9-14(15(20)21)12(8-17-9)18-13(19)7-4-10-2-5-11(16)6-3-10/h2-8,17H,1H3,(H,18,19)(H,20,21)/b7-4+. The molecule has 1 heterocycles. The van der Waals surface area contributed by atoms with Gasteiger partial charge in [0.25, 0.3) is 0 Å². The number of anilines is 1. The summed E-state index contributed by atoms with van der Waals surface area (Å²) in [7, 11) is 0. The second-order valence-corrected chi connectivity index (χ2v) is 5.30. The van der Waals surface area contributed by atoms with Crippen molar-refractivity contribution in [2.45, 2.75) is 6.92 Å². The molecule has 0 bridgehead atoms. The van der Waals surface area contributed by atoms with Crippen molar-refractivity contribution in [1.82, 2.24) is 4.98 Å². The molecule has 1 amide bonds. The molecular formula is C15H13BrN2O3. The Labute approximate surface area is 129 Å². The molecule has 6 heteroatoms. The van der Waals surface area contributed by atoms with Gasteiger partial charge in [-0.3, -0.25) is 4.79 Å². The van der Waals surface area contributed by atoms with Crippen LogP contribution in [0.1, 0.15) is 21.6 Å². The fraction of sp³-hybridized carbons (Fsp3) is 0.0667. The Morgan fingerprint density at radius 3 is 2.57 bits per heavy atom. The van der Waals surface area contributed by atoms with E-state index in [1.165, 1.54) is 12.3 Å². The van der Waals surface area contributed by atoms with Gasteiger partial charge in [0.2, 0.25) is 5.91 Å². The molecule has 2 rings (SSSR count). The van der Waals surface area contributed by atoms with E-state index in [0.717, 1.165) is 10.0 Å². The zero-order valence-electron chi connectivity index (χ0n) is 11.2. The third-order valence-corrected chi connectivity index (χ3v) is 3.37. The van der Waals surface area contributed by atoms with Gasteiger partial charge < -0.3 is 15.4 Å². The van der Waals surface area contributed by atoms with Gasteiger partial charge >= 0.3 is 5.97 Å². The van der Waals surface area contributed by atoms with Crippen molar-refractivity contribution in [3.05, 3.63) is 57.8 Å². The lowest BCUT2D eigenvalue weighted by Gasteiger charge is -2.01. The summed E-state index contributed by atoms with van der Waals surface area (Å²) in [5.74, 6) is -1.47. The van der Waals surface area contributed by atoms with Gasteiger partial charge in [0.1, 0.15) is 5.56 Å². The van der Waals surface area contributed by atoms with Crippen molar-refractivity contribution in [2.24, 2.45) is 0 Å². The number of H-pyrrole nitrogens is 1. The largest absolute Gasteiger partial charge is 0.478 e. The second kappa shape index (κ2) is 6.41. The van der Waals surface area contributed by atoms with Crippen molar-refractivity contribution in [3.63, 3.8) is 0 Å². The van der Waals surface area contributed by atoms with Crippen LogP contribution in [0.15, 0.2) is 41.0 Å². The average Bonchev–Trinajstić information content (AvgIpc) is 2.79. The zero-order chi connectivity index (χ0) is 15.4. The molecule has 2 aromatic rings. The molecule has 0 saturated carbocycles. The van der Waals surface area contributed by atoms with Crippen molar-refractivity contribution in [2.75, 3.05) is 5.32 Å². The van der Waals surface area contributed by atoms with E-state index in [0.29, 0.717) is 5.69 Å². The number of rotatable bonds is 4. The summed E-state index contributed by atoms with van der Waals surface area (Å²) >= 11 is 3.33. The number of nitrogens with one attached hydrogen (secondary N) is 2. The number of benzene rings is 1. The Morgan fingerprint density at radius 1 is 1.29 bits per heavy atom. The number of amides is 1. The van der Waals surface area contributed by atoms with Gasteiger partial charge in [-0.15, -0.1) is 0 Å². The molecule has 0 spiro atoms. The van der Waals surface area contributed by atoms with Crippen LogP contribution in [0.25, 0.3) is 6.08 Å². The van der Waals surface area contributed by atoms with Gasteiger partial charge in [-0.05, 0) is 30.7 Å². The third kappa shape index (κ3) is 3.82. The highest BCUT2D eigenvalue weighted by molar-refractivity contribution is 9.10. The second-order valence-electron chi connectivity index (χ2n) is 4.38. The Hall–Kier alpha value is -2.34. The van der Waals surface area contributed by atoms with Crippen LogP contribution in [-0.4, -0.2) is 22.0 Å². The van der Waals surface area contributed by atoms with E-state index in [-0.39, 0.29) is 17.2 Å². The van der Waals surface area contributed by atoms with Crippen molar-refractivity contribution < 1.29 is 14.7 Å². The molecular weight excluding hydrogens is 336 g/mol. The number of carbonyl (C=O) groups is 2. The van der Waals surface area contributed by atoms with Gasteiger partial charge in [0.05, 0.1) is 5.69 Å². The molecule has 0 unspecified atom stereocenters. The maximum absolute atomic E-state index is 11.8. The molecule has 1 aromatic heterocycles. The molecule has 108 valence electrons. The lowest BCUT2D eigenvalue weighted by molar-refractivity contribution is -0.111. The number of aromatic nitrogens is 1. The fourth-order valence-electron chi connectivity index (χ4n) is 1.82. The van der Waals surface area contributed by atoms with Gasteiger partial charge in [-0.2, -0.15) is 0 Å². The number of hydrogen-bond donors (Lipinski definition) is 3. The van der Waals surface area contributed by atoms with Crippen LogP contribution in [0.2, 0.25) is 0 Å². The van der Waals surface area contributed by atoms with Crippen LogP contribution in [0.4, 0.5) is 5.69 Å². The predicted molar refractivity (Wildman–Crippen MR) is 84.3 cm³/mol. The summed E-state index contributed by atoms with van der Waals surface area (Å²) in [5.41, 5.74) is 1.69. The zero-order valence-corrected chi connectivity index (χ0v) is 12.8. The molecule has 0 saturated heterocycles. The number of aryl methyl sites for hydroxylation is 1. The van der Waals surface area contributed by atoms with Crippen molar-refractivity contribution >= 4 is 39.6 Å². The Morgan fingerprint density at radius 2 is 1.95 bits per heavy atom. The lowest BCUT2D eigenvalue weighted by Crippen LogP contribution is -2.10. The average molecular weight is 349 g/mol. The van der Waals surface area contributed by atoms with Crippen LogP contribution in [-0.2, 0) is 4.79 Å². The molecule has 0 radical (unpaired) electrons. The first-order valence-corrected chi connectivity index (χ1v) is 6.92. The third-order valence-electron chi connectivity index (χ3n) is 2.85. The van der Waals surface area contributed by atoms with Crippen LogP contribution < -0.4 is 5.32 Å². The minimum absolute atomic E-state index is 0.0698. The van der Waals surface area contributed by atoms with Crippen LogP contribution in [0.5, 0.6) is 0 Å². The van der Waals surface area contributed by atoms with E-state index in [1.54, 1.807) is 13.0 Å². The van der Waals surface area contributed by atoms with Crippen LogP contribution in [0.3, 0.4) is 0 Å². The SMILES string of the molecule is Cc1[nH]cc(NC(=O)/C=C/c2ccc(Br)cc2)c1C(=O)O. The summed E-state index contributed by atoms with van der Waals surface area (Å²) in [4.78, 5) is 25.7. The number of carboxylic acid groups (broad SMARTS) is 1. The van der Waals surface area contributed by atoms with Gasteiger partial charge in [-0.1, -0.05) is 28.1 Å². The molecule has 0 fully saturated rings. The Balaban J connectivity index is 2.08. The number of halogens is 1. The molecule has 5 nitrogen and oxygen atoms in total. The first-order valence-electron chi connectivity index (χ1n) is 6.13. The molecule has 0 aliphatic rings. The molecule has 1 aromatic carbocycles. The maximum Gasteiger partial charge on any atom is 0.339 e. The number of carboxylic acids is 1. The Kier molecular flexibility index (Phi) is 4.59. The quantitative estimate of drug-likeness (QED) is 0.740. The van der Waals surface area contributed by atoms with Gasteiger partial charge in [0, 0.05) is 22.4 Å². The van der Waals surface area contributed by atoms with Crippen LogP contribution in [0, 0.1) is 6.92 Å². The van der Waals surface area contributed by atoms with Gasteiger partial charge in [0.15, 0.2) is 0 Å². The number of carbonyl (C=O) groups excluding carboxylic acids is 1. The van der Waals surface area contributed by atoms with E-state index in [4.69, 9.17) is 5.11 Å². The molecule has 0 aliphatic heterocycles. The minimum Gasteiger partial charge on any atom is -0.478 e. The predicted octanol–water partition coefficient (Wildman–Crippen LogP) is 3.44. The highest BCUT2D eigenvalue weighted by Gasteiger charge is 2.16. The van der Waals surface area contributed by atoms with E-state index in [2.05, 4.69) is 26.2 Å². The van der Waals surface area contributed by atoms with Crippen molar-refractivity contribution in [3.8, 4) is 0 Å². The monoisotopic (exact) mass is 348 g/mol. The number of aromatic carboxylic acids is 1. The molecule has 0 atom stereocenters. The summed E-state index contributed by atoms with van der Waals surface area (Å²) in [6.45, 7) is 1.64. The van der Waals surface area contributed by atoms with Crippen LogP contribution >= 0.6 is 15.9 Å². The first-order chi connectivity index (χ1) is 9.97. The lowest BCUT2D eigenvalue weighted by atomic mass is 10.2.